The summed E-state index contributed by atoms with van der Waals surface area (Å²) in [6, 6.07) is 11.2. The molecule has 0 amide bonds. The van der Waals surface area contributed by atoms with Crippen LogP contribution in [0.1, 0.15) is 11.6 Å². The summed E-state index contributed by atoms with van der Waals surface area (Å²) < 4.78 is 5.78. The van der Waals surface area contributed by atoms with Crippen LogP contribution in [-0.2, 0) is 4.79 Å². The maximum absolute atomic E-state index is 11.5. The Labute approximate surface area is 135 Å². The van der Waals surface area contributed by atoms with Crippen LogP contribution in [0.15, 0.2) is 46.9 Å². The van der Waals surface area contributed by atoms with Gasteiger partial charge in [-0.1, -0.05) is 23.7 Å². The van der Waals surface area contributed by atoms with E-state index in [4.69, 9.17) is 16.3 Å². The summed E-state index contributed by atoms with van der Waals surface area (Å²) in [5, 5.41) is 12.9. The first-order chi connectivity index (χ1) is 10.0. The molecule has 0 fully saturated rings. The summed E-state index contributed by atoms with van der Waals surface area (Å²) in [6.07, 6.45) is 0. The van der Waals surface area contributed by atoms with E-state index in [0.29, 0.717) is 26.5 Å². The van der Waals surface area contributed by atoms with Gasteiger partial charge in [-0.3, -0.25) is 0 Å². The standard InChI is InChI=1S/C15H13BrClNO3/c1-21-11-4-2-3-10(8-11)18-14(15(19)20)9-5-6-13(17)12(16)7-9/h2-8,14,18H,1H3,(H,19,20). The van der Waals surface area contributed by atoms with Crippen molar-refractivity contribution in [2.75, 3.05) is 12.4 Å². The van der Waals surface area contributed by atoms with Crippen LogP contribution in [-0.4, -0.2) is 18.2 Å². The first-order valence-electron chi connectivity index (χ1n) is 6.09. The average molecular weight is 371 g/mol. The Morgan fingerprint density at radius 1 is 1.33 bits per heavy atom. The lowest BCUT2D eigenvalue weighted by molar-refractivity contribution is -0.138. The minimum atomic E-state index is -0.980. The van der Waals surface area contributed by atoms with Crippen molar-refractivity contribution in [1.82, 2.24) is 0 Å². The topological polar surface area (TPSA) is 58.6 Å². The lowest BCUT2D eigenvalue weighted by Crippen LogP contribution is -2.20. The van der Waals surface area contributed by atoms with Gasteiger partial charge in [0.25, 0.3) is 0 Å². The molecular formula is C15H13BrClNO3. The number of hydrogen-bond acceptors (Lipinski definition) is 3. The third-order valence-electron chi connectivity index (χ3n) is 2.90. The molecule has 0 aliphatic rings. The quantitative estimate of drug-likeness (QED) is 0.821. The zero-order valence-corrected chi connectivity index (χ0v) is 13.5. The predicted molar refractivity (Wildman–Crippen MR) is 86.1 cm³/mol. The smallest absolute Gasteiger partial charge is 0.330 e. The second-order valence-electron chi connectivity index (χ2n) is 4.32. The van der Waals surface area contributed by atoms with Crippen LogP contribution in [0, 0.1) is 0 Å². The number of nitrogens with one attached hydrogen (secondary N) is 1. The Kier molecular flexibility index (Phi) is 5.09. The van der Waals surface area contributed by atoms with Gasteiger partial charge in [-0.15, -0.1) is 0 Å². The molecule has 0 saturated heterocycles. The second kappa shape index (κ2) is 6.83. The zero-order chi connectivity index (χ0) is 15.4. The fourth-order valence-electron chi connectivity index (χ4n) is 1.86. The van der Waals surface area contributed by atoms with Crippen LogP contribution < -0.4 is 10.1 Å². The van der Waals surface area contributed by atoms with Crippen molar-refractivity contribution in [3.05, 3.63) is 57.5 Å². The van der Waals surface area contributed by atoms with E-state index < -0.39 is 12.0 Å². The summed E-state index contributed by atoms with van der Waals surface area (Å²) >= 11 is 9.23. The lowest BCUT2D eigenvalue weighted by atomic mass is 10.1. The molecule has 1 unspecified atom stereocenters. The lowest BCUT2D eigenvalue weighted by Gasteiger charge is -2.17. The molecule has 2 N–H and O–H groups in total. The van der Waals surface area contributed by atoms with Gasteiger partial charge in [0, 0.05) is 16.2 Å². The number of carboxylic acid groups (broad SMARTS) is 1. The van der Waals surface area contributed by atoms with Crippen LogP contribution in [0.3, 0.4) is 0 Å². The molecule has 0 aromatic heterocycles. The third kappa shape index (κ3) is 3.89. The SMILES string of the molecule is COc1cccc(NC(C(=O)O)c2ccc(Cl)c(Br)c2)c1. The van der Waals surface area contributed by atoms with Gasteiger partial charge in [0.15, 0.2) is 6.04 Å². The number of anilines is 1. The van der Waals surface area contributed by atoms with Crippen molar-refractivity contribution in [2.45, 2.75) is 6.04 Å². The Morgan fingerprint density at radius 3 is 2.71 bits per heavy atom. The van der Waals surface area contributed by atoms with Crippen LogP contribution >= 0.6 is 27.5 Å². The van der Waals surface area contributed by atoms with Crippen LogP contribution in [0.2, 0.25) is 5.02 Å². The predicted octanol–water partition coefficient (Wildman–Crippen LogP) is 4.35. The van der Waals surface area contributed by atoms with Gasteiger partial charge in [0.2, 0.25) is 0 Å². The molecule has 1 atom stereocenters. The highest BCUT2D eigenvalue weighted by molar-refractivity contribution is 9.10. The highest BCUT2D eigenvalue weighted by atomic mass is 79.9. The maximum atomic E-state index is 11.5. The van der Waals surface area contributed by atoms with Crippen molar-refractivity contribution >= 4 is 39.2 Å². The summed E-state index contributed by atoms with van der Waals surface area (Å²) in [4.78, 5) is 11.5. The molecule has 2 aromatic carbocycles. The van der Waals surface area contributed by atoms with E-state index in [-0.39, 0.29) is 0 Å². The van der Waals surface area contributed by atoms with Crippen molar-refractivity contribution in [3.8, 4) is 5.75 Å². The maximum Gasteiger partial charge on any atom is 0.330 e. The van der Waals surface area contributed by atoms with Gasteiger partial charge in [-0.2, -0.15) is 0 Å². The molecule has 0 saturated carbocycles. The number of aliphatic carboxylic acids is 1. The summed E-state index contributed by atoms with van der Waals surface area (Å²) in [6.45, 7) is 0. The van der Waals surface area contributed by atoms with Crippen molar-refractivity contribution in [1.29, 1.82) is 0 Å². The number of ether oxygens (including phenoxy) is 1. The Morgan fingerprint density at radius 2 is 2.10 bits per heavy atom. The Balaban J connectivity index is 2.30. The van der Waals surface area contributed by atoms with Gasteiger partial charge in [0.1, 0.15) is 5.75 Å². The highest BCUT2D eigenvalue weighted by Gasteiger charge is 2.20. The minimum absolute atomic E-state index is 0.532. The molecule has 6 heteroatoms. The molecule has 0 aliphatic carbocycles. The number of carboxylic acids is 1. The molecular weight excluding hydrogens is 358 g/mol. The van der Waals surface area contributed by atoms with E-state index in [1.165, 1.54) is 0 Å². The first kappa shape index (κ1) is 15.7. The average Bonchev–Trinajstić information content (AvgIpc) is 2.47. The molecule has 0 heterocycles. The summed E-state index contributed by atoms with van der Waals surface area (Å²) in [7, 11) is 1.56. The number of carbonyl (C=O) groups is 1. The summed E-state index contributed by atoms with van der Waals surface area (Å²) in [5.74, 6) is -0.325. The van der Waals surface area contributed by atoms with Crippen molar-refractivity contribution in [3.63, 3.8) is 0 Å². The summed E-state index contributed by atoms with van der Waals surface area (Å²) in [5.41, 5.74) is 1.26. The zero-order valence-electron chi connectivity index (χ0n) is 11.1. The fraction of sp³-hybridized carbons (Fsp3) is 0.133. The monoisotopic (exact) mass is 369 g/mol. The second-order valence-corrected chi connectivity index (χ2v) is 5.58. The van der Waals surface area contributed by atoms with E-state index in [2.05, 4.69) is 21.2 Å². The van der Waals surface area contributed by atoms with E-state index in [0.717, 1.165) is 0 Å². The highest BCUT2D eigenvalue weighted by Crippen LogP contribution is 2.28. The van der Waals surface area contributed by atoms with E-state index in [1.54, 1.807) is 49.6 Å². The van der Waals surface area contributed by atoms with Crippen molar-refractivity contribution in [2.24, 2.45) is 0 Å². The largest absolute Gasteiger partial charge is 0.497 e. The molecule has 2 rings (SSSR count). The number of halogens is 2. The number of rotatable bonds is 5. The third-order valence-corrected chi connectivity index (χ3v) is 4.12. The van der Waals surface area contributed by atoms with E-state index >= 15 is 0 Å². The molecule has 0 spiro atoms. The normalized spacial score (nSPS) is 11.8. The fourth-order valence-corrected chi connectivity index (χ4v) is 2.37. The van der Waals surface area contributed by atoms with Gasteiger partial charge < -0.3 is 15.2 Å². The van der Waals surface area contributed by atoms with Crippen LogP contribution in [0.25, 0.3) is 0 Å². The van der Waals surface area contributed by atoms with E-state index in [1.807, 2.05) is 0 Å². The van der Waals surface area contributed by atoms with Gasteiger partial charge in [0.05, 0.1) is 12.1 Å². The Bertz CT molecular complexity index is 663. The van der Waals surface area contributed by atoms with E-state index in [9.17, 15) is 9.90 Å². The molecule has 0 radical (unpaired) electrons. The number of benzene rings is 2. The van der Waals surface area contributed by atoms with Gasteiger partial charge in [-0.25, -0.2) is 4.79 Å². The minimum Gasteiger partial charge on any atom is -0.497 e. The van der Waals surface area contributed by atoms with Crippen LogP contribution in [0.5, 0.6) is 5.75 Å². The molecule has 21 heavy (non-hydrogen) atoms. The van der Waals surface area contributed by atoms with Gasteiger partial charge in [-0.05, 0) is 45.8 Å². The molecule has 2 aromatic rings. The first-order valence-corrected chi connectivity index (χ1v) is 7.26. The van der Waals surface area contributed by atoms with Crippen LogP contribution in [0.4, 0.5) is 5.69 Å². The number of hydrogen-bond donors (Lipinski definition) is 2. The molecule has 4 nitrogen and oxygen atoms in total. The molecule has 110 valence electrons. The number of methoxy groups -OCH3 is 1. The van der Waals surface area contributed by atoms with Gasteiger partial charge >= 0.3 is 5.97 Å². The molecule has 0 aliphatic heterocycles. The Hall–Kier alpha value is -1.72. The molecule has 0 bridgehead atoms. The van der Waals surface area contributed by atoms with Crippen molar-refractivity contribution < 1.29 is 14.6 Å².